The van der Waals surface area contributed by atoms with E-state index in [4.69, 9.17) is 4.42 Å². The van der Waals surface area contributed by atoms with Gasteiger partial charge in [0.15, 0.2) is 0 Å². The van der Waals surface area contributed by atoms with Gasteiger partial charge in [0.05, 0.1) is 6.54 Å². The number of aromatic nitrogens is 4. The molecule has 8 nitrogen and oxygen atoms in total. The summed E-state index contributed by atoms with van der Waals surface area (Å²) in [4.78, 5) is 32.0. The summed E-state index contributed by atoms with van der Waals surface area (Å²) in [5, 5.41) is 3.84. The van der Waals surface area contributed by atoms with Gasteiger partial charge in [-0.25, -0.2) is 23.2 Å². The molecule has 0 aliphatic carbocycles. The molecule has 134 valence electrons. The second-order valence-corrected chi connectivity index (χ2v) is 5.93. The largest absolute Gasteiger partial charge is 0.441 e. The number of H-pyrrole nitrogens is 1. The van der Waals surface area contributed by atoms with Gasteiger partial charge in [-0.1, -0.05) is 0 Å². The molecule has 3 aromatic rings. The molecular formula is C16H13F2N5O3. The standard InChI is InChI=1S/C16H13F2N5O3/c1-22-16(25)20-13(21-22)15(24)23-3-2-12-11(7-23)19-14(26-12)8-4-9(17)6-10(18)5-8/h4-6H,2-3,7H2,1H3,(H,20,21,25). The first kappa shape index (κ1) is 16.2. The second kappa shape index (κ2) is 5.90. The number of carbonyl (C=O) groups excluding carboxylic acids is 1. The van der Waals surface area contributed by atoms with Crippen molar-refractivity contribution in [2.24, 2.45) is 7.05 Å². The summed E-state index contributed by atoms with van der Waals surface area (Å²) in [6.45, 7) is 0.491. The second-order valence-electron chi connectivity index (χ2n) is 5.93. The van der Waals surface area contributed by atoms with E-state index in [1.807, 2.05) is 0 Å². The molecule has 26 heavy (non-hydrogen) atoms. The Bertz CT molecular complexity index is 1050. The summed E-state index contributed by atoms with van der Waals surface area (Å²) in [6, 6.07) is 3.02. The number of hydrogen-bond donors (Lipinski definition) is 1. The first-order valence-corrected chi connectivity index (χ1v) is 7.78. The topological polar surface area (TPSA) is 97.0 Å². The molecule has 1 N–H and O–H groups in total. The van der Waals surface area contributed by atoms with Gasteiger partial charge in [-0.3, -0.25) is 9.78 Å². The van der Waals surface area contributed by atoms with Crippen LogP contribution in [0.25, 0.3) is 11.5 Å². The van der Waals surface area contributed by atoms with Crippen LogP contribution in [0.5, 0.6) is 0 Å². The summed E-state index contributed by atoms with van der Waals surface area (Å²) >= 11 is 0. The number of amides is 1. The fourth-order valence-corrected chi connectivity index (χ4v) is 2.82. The minimum Gasteiger partial charge on any atom is -0.441 e. The molecular weight excluding hydrogens is 348 g/mol. The summed E-state index contributed by atoms with van der Waals surface area (Å²) < 4.78 is 33.4. The number of fused-ring (bicyclic) bond motifs is 1. The Hall–Kier alpha value is -3.30. The predicted octanol–water partition coefficient (Wildman–Crippen LogP) is 1.24. The van der Waals surface area contributed by atoms with E-state index in [9.17, 15) is 18.4 Å². The van der Waals surface area contributed by atoms with Crippen LogP contribution < -0.4 is 5.69 Å². The Morgan fingerprint density at radius 1 is 1.27 bits per heavy atom. The lowest BCUT2D eigenvalue weighted by atomic mass is 10.1. The van der Waals surface area contributed by atoms with Crippen molar-refractivity contribution in [3.8, 4) is 11.5 Å². The molecule has 0 bridgehead atoms. The number of benzene rings is 1. The fourth-order valence-electron chi connectivity index (χ4n) is 2.82. The number of carbonyl (C=O) groups is 1. The Balaban J connectivity index is 1.60. The zero-order valence-corrected chi connectivity index (χ0v) is 13.6. The highest BCUT2D eigenvalue weighted by atomic mass is 19.1. The molecule has 1 aliphatic heterocycles. The van der Waals surface area contributed by atoms with Gasteiger partial charge in [-0.05, 0) is 12.1 Å². The van der Waals surface area contributed by atoms with E-state index in [-0.39, 0.29) is 23.8 Å². The third-order valence-electron chi connectivity index (χ3n) is 4.10. The van der Waals surface area contributed by atoms with E-state index in [0.717, 1.165) is 22.9 Å². The smallest absolute Gasteiger partial charge is 0.343 e. The number of nitrogens with zero attached hydrogens (tertiary/aromatic N) is 4. The van der Waals surface area contributed by atoms with E-state index in [1.165, 1.54) is 11.9 Å². The minimum atomic E-state index is -0.730. The molecule has 0 unspecified atom stereocenters. The number of nitrogens with one attached hydrogen (secondary N) is 1. The number of aryl methyl sites for hydroxylation is 1. The first-order chi connectivity index (χ1) is 12.4. The van der Waals surface area contributed by atoms with Gasteiger partial charge in [-0.15, -0.1) is 5.10 Å². The third-order valence-corrected chi connectivity index (χ3v) is 4.10. The molecule has 4 rings (SSSR count). The van der Waals surface area contributed by atoms with Gasteiger partial charge in [0.2, 0.25) is 11.7 Å². The lowest BCUT2D eigenvalue weighted by Gasteiger charge is -2.24. The molecule has 0 spiro atoms. The van der Waals surface area contributed by atoms with Crippen molar-refractivity contribution in [2.75, 3.05) is 6.54 Å². The van der Waals surface area contributed by atoms with Crippen LogP contribution in [0.3, 0.4) is 0 Å². The maximum Gasteiger partial charge on any atom is 0.343 e. The predicted molar refractivity (Wildman–Crippen MR) is 84.1 cm³/mol. The summed E-state index contributed by atoms with van der Waals surface area (Å²) in [5.74, 6) is -1.30. The molecule has 1 aromatic carbocycles. The number of rotatable bonds is 2. The number of hydrogen-bond acceptors (Lipinski definition) is 5. The Morgan fingerprint density at radius 3 is 2.65 bits per heavy atom. The van der Waals surface area contributed by atoms with Gasteiger partial charge >= 0.3 is 5.69 Å². The van der Waals surface area contributed by atoms with Crippen LogP contribution in [0.4, 0.5) is 8.78 Å². The van der Waals surface area contributed by atoms with Gasteiger partial charge in [-0.2, -0.15) is 0 Å². The molecule has 2 aromatic heterocycles. The van der Waals surface area contributed by atoms with Crippen molar-refractivity contribution in [2.45, 2.75) is 13.0 Å². The van der Waals surface area contributed by atoms with Crippen LogP contribution in [0, 0.1) is 11.6 Å². The molecule has 0 saturated heterocycles. The van der Waals surface area contributed by atoms with Crippen molar-refractivity contribution in [3.63, 3.8) is 0 Å². The lowest BCUT2D eigenvalue weighted by Crippen LogP contribution is -2.36. The van der Waals surface area contributed by atoms with E-state index in [0.29, 0.717) is 24.4 Å². The zero-order valence-electron chi connectivity index (χ0n) is 13.6. The summed E-state index contributed by atoms with van der Waals surface area (Å²) in [7, 11) is 1.44. The van der Waals surface area contributed by atoms with Crippen molar-refractivity contribution < 1.29 is 18.0 Å². The Labute approximate surface area is 145 Å². The highest BCUT2D eigenvalue weighted by Crippen LogP contribution is 2.27. The molecule has 1 amide bonds. The molecule has 0 saturated carbocycles. The van der Waals surface area contributed by atoms with Gasteiger partial charge < -0.3 is 9.32 Å². The average molecular weight is 361 g/mol. The number of aromatic amines is 1. The van der Waals surface area contributed by atoms with Crippen LogP contribution in [-0.2, 0) is 20.0 Å². The van der Waals surface area contributed by atoms with Crippen molar-refractivity contribution >= 4 is 5.91 Å². The van der Waals surface area contributed by atoms with Gasteiger partial charge in [0, 0.05) is 31.6 Å². The van der Waals surface area contributed by atoms with E-state index < -0.39 is 23.2 Å². The maximum absolute atomic E-state index is 13.4. The van der Waals surface area contributed by atoms with Crippen LogP contribution in [0.1, 0.15) is 22.1 Å². The number of oxazole rings is 1. The van der Waals surface area contributed by atoms with E-state index in [2.05, 4.69) is 15.1 Å². The highest BCUT2D eigenvalue weighted by molar-refractivity contribution is 5.90. The molecule has 1 aliphatic rings. The van der Waals surface area contributed by atoms with Crippen molar-refractivity contribution in [1.82, 2.24) is 24.6 Å². The molecule has 0 fully saturated rings. The Morgan fingerprint density at radius 2 is 2.00 bits per heavy atom. The summed E-state index contributed by atoms with van der Waals surface area (Å²) in [6.07, 6.45) is 0.392. The molecule has 0 radical (unpaired) electrons. The zero-order chi connectivity index (χ0) is 18.4. The number of halogens is 2. The molecule has 0 atom stereocenters. The SMILES string of the molecule is Cn1nc(C(=O)N2CCc3oc(-c4cc(F)cc(F)c4)nc3C2)[nH]c1=O. The maximum atomic E-state index is 13.4. The van der Waals surface area contributed by atoms with Crippen LogP contribution >= 0.6 is 0 Å². The first-order valence-electron chi connectivity index (χ1n) is 7.78. The van der Waals surface area contributed by atoms with Crippen LogP contribution in [0.15, 0.2) is 27.4 Å². The highest BCUT2D eigenvalue weighted by Gasteiger charge is 2.28. The molecule has 3 heterocycles. The monoisotopic (exact) mass is 361 g/mol. The Kier molecular flexibility index (Phi) is 3.67. The van der Waals surface area contributed by atoms with E-state index in [1.54, 1.807) is 0 Å². The normalized spacial score (nSPS) is 13.7. The van der Waals surface area contributed by atoms with Gasteiger partial charge in [0.25, 0.3) is 5.91 Å². The van der Waals surface area contributed by atoms with Crippen LogP contribution in [-0.4, -0.2) is 37.1 Å². The third kappa shape index (κ3) is 2.79. The molecule has 10 heteroatoms. The summed E-state index contributed by atoms with van der Waals surface area (Å²) in [5.41, 5.74) is 0.203. The fraction of sp³-hybridized carbons (Fsp3) is 0.250. The lowest BCUT2D eigenvalue weighted by molar-refractivity contribution is 0.0715. The van der Waals surface area contributed by atoms with E-state index >= 15 is 0 Å². The van der Waals surface area contributed by atoms with Crippen molar-refractivity contribution in [1.29, 1.82) is 0 Å². The quantitative estimate of drug-likeness (QED) is 0.741. The minimum absolute atomic E-state index is 0.0585. The van der Waals surface area contributed by atoms with Crippen LogP contribution in [0.2, 0.25) is 0 Å². The van der Waals surface area contributed by atoms with Crippen molar-refractivity contribution in [3.05, 3.63) is 57.6 Å². The average Bonchev–Trinajstić information content (AvgIpc) is 3.16. The van der Waals surface area contributed by atoms with Gasteiger partial charge in [0.1, 0.15) is 23.1 Å².